The van der Waals surface area contributed by atoms with Crippen molar-refractivity contribution in [2.45, 2.75) is 33.1 Å². The van der Waals surface area contributed by atoms with E-state index in [1.165, 1.54) is 0 Å². The van der Waals surface area contributed by atoms with Gasteiger partial charge in [0.15, 0.2) is 0 Å². The highest BCUT2D eigenvalue weighted by molar-refractivity contribution is 5.96. The number of rotatable bonds is 6. The molecule has 1 aliphatic heterocycles. The monoisotopic (exact) mass is 276 g/mol. The number of amides is 1. The van der Waals surface area contributed by atoms with Crippen molar-refractivity contribution < 1.29 is 9.53 Å². The van der Waals surface area contributed by atoms with Crippen LogP contribution in [-0.2, 0) is 4.79 Å². The first-order valence-electron chi connectivity index (χ1n) is 7.46. The SMILES string of the molecule is CCCOc1ccccc1NC(=O)C1(CC)CCNC1. The molecule has 1 fully saturated rings. The lowest BCUT2D eigenvalue weighted by molar-refractivity contribution is -0.124. The van der Waals surface area contributed by atoms with E-state index in [1.54, 1.807) is 0 Å². The Balaban J connectivity index is 2.11. The number of carbonyl (C=O) groups is 1. The van der Waals surface area contributed by atoms with Crippen molar-refractivity contribution >= 4 is 11.6 Å². The maximum Gasteiger partial charge on any atom is 0.232 e. The van der Waals surface area contributed by atoms with Crippen LogP contribution >= 0.6 is 0 Å². The fraction of sp³-hybridized carbons (Fsp3) is 0.562. The van der Waals surface area contributed by atoms with Gasteiger partial charge in [-0.2, -0.15) is 0 Å². The first kappa shape index (κ1) is 14.9. The number of benzene rings is 1. The van der Waals surface area contributed by atoms with Crippen LogP contribution in [0.15, 0.2) is 24.3 Å². The first-order chi connectivity index (χ1) is 9.72. The minimum Gasteiger partial charge on any atom is -0.491 e. The first-order valence-corrected chi connectivity index (χ1v) is 7.46. The highest BCUT2D eigenvalue weighted by Crippen LogP contribution is 2.33. The molecule has 20 heavy (non-hydrogen) atoms. The summed E-state index contributed by atoms with van der Waals surface area (Å²) in [5.41, 5.74) is 0.489. The minimum absolute atomic E-state index is 0.0950. The molecule has 0 saturated carbocycles. The lowest BCUT2D eigenvalue weighted by Gasteiger charge is -2.25. The molecule has 1 amide bonds. The molecule has 1 aromatic rings. The van der Waals surface area contributed by atoms with E-state index in [1.807, 2.05) is 24.3 Å². The summed E-state index contributed by atoms with van der Waals surface area (Å²) in [5.74, 6) is 0.845. The number of para-hydroxylation sites is 2. The molecule has 0 aliphatic carbocycles. The van der Waals surface area contributed by atoms with E-state index in [4.69, 9.17) is 4.74 Å². The largest absolute Gasteiger partial charge is 0.491 e. The quantitative estimate of drug-likeness (QED) is 0.840. The van der Waals surface area contributed by atoms with Gasteiger partial charge in [-0.25, -0.2) is 0 Å². The molecule has 1 unspecified atom stereocenters. The van der Waals surface area contributed by atoms with Gasteiger partial charge in [-0.3, -0.25) is 4.79 Å². The Morgan fingerprint density at radius 2 is 2.20 bits per heavy atom. The number of hydrogen-bond donors (Lipinski definition) is 2. The molecule has 4 heteroatoms. The van der Waals surface area contributed by atoms with Crippen LogP contribution in [0.4, 0.5) is 5.69 Å². The second-order valence-corrected chi connectivity index (χ2v) is 5.36. The molecule has 1 aliphatic rings. The summed E-state index contributed by atoms with van der Waals surface area (Å²) in [7, 11) is 0. The molecule has 110 valence electrons. The van der Waals surface area contributed by atoms with Crippen molar-refractivity contribution in [3.63, 3.8) is 0 Å². The molecule has 1 saturated heterocycles. The summed E-state index contributed by atoms with van der Waals surface area (Å²) in [6.07, 6.45) is 2.70. The van der Waals surface area contributed by atoms with Crippen LogP contribution in [0.5, 0.6) is 5.75 Å². The Kier molecular flexibility index (Phi) is 5.01. The van der Waals surface area contributed by atoms with Crippen LogP contribution in [0.2, 0.25) is 0 Å². The molecule has 1 atom stereocenters. The minimum atomic E-state index is -0.280. The molecular weight excluding hydrogens is 252 g/mol. The fourth-order valence-electron chi connectivity index (χ4n) is 2.56. The van der Waals surface area contributed by atoms with Crippen LogP contribution in [0.25, 0.3) is 0 Å². The van der Waals surface area contributed by atoms with E-state index in [2.05, 4.69) is 24.5 Å². The highest BCUT2D eigenvalue weighted by atomic mass is 16.5. The molecule has 1 heterocycles. The molecule has 4 nitrogen and oxygen atoms in total. The van der Waals surface area contributed by atoms with Gasteiger partial charge >= 0.3 is 0 Å². The number of ether oxygens (including phenoxy) is 1. The normalized spacial score (nSPS) is 21.7. The summed E-state index contributed by atoms with van der Waals surface area (Å²) in [5, 5.41) is 6.34. The van der Waals surface area contributed by atoms with Gasteiger partial charge < -0.3 is 15.4 Å². The fourth-order valence-corrected chi connectivity index (χ4v) is 2.56. The smallest absolute Gasteiger partial charge is 0.232 e. The lowest BCUT2D eigenvalue weighted by Crippen LogP contribution is -2.37. The number of hydrogen-bond acceptors (Lipinski definition) is 3. The van der Waals surface area contributed by atoms with Crippen LogP contribution < -0.4 is 15.4 Å². The number of carbonyl (C=O) groups excluding carboxylic acids is 1. The van der Waals surface area contributed by atoms with Crippen LogP contribution in [0.3, 0.4) is 0 Å². The van der Waals surface area contributed by atoms with Crippen LogP contribution in [0.1, 0.15) is 33.1 Å². The van der Waals surface area contributed by atoms with Crippen molar-refractivity contribution in [3.8, 4) is 5.75 Å². The van der Waals surface area contributed by atoms with E-state index in [-0.39, 0.29) is 11.3 Å². The van der Waals surface area contributed by atoms with Gasteiger partial charge in [-0.05, 0) is 37.9 Å². The predicted octanol–water partition coefficient (Wildman–Crippen LogP) is 2.80. The maximum absolute atomic E-state index is 12.6. The second-order valence-electron chi connectivity index (χ2n) is 5.36. The molecule has 0 bridgehead atoms. The van der Waals surface area contributed by atoms with E-state index >= 15 is 0 Å². The van der Waals surface area contributed by atoms with Gasteiger partial charge in [0.1, 0.15) is 5.75 Å². The van der Waals surface area contributed by atoms with E-state index < -0.39 is 0 Å². The number of nitrogens with one attached hydrogen (secondary N) is 2. The topological polar surface area (TPSA) is 50.4 Å². The average Bonchev–Trinajstić information content (AvgIpc) is 2.96. The molecule has 2 rings (SSSR count). The predicted molar refractivity (Wildman–Crippen MR) is 81.1 cm³/mol. The molecule has 2 N–H and O–H groups in total. The molecule has 1 aromatic carbocycles. The van der Waals surface area contributed by atoms with Gasteiger partial charge in [-0.15, -0.1) is 0 Å². The van der Waals surface area contributed by atoms with Crippen LogP contribution in [-0.4, -0.2) is 25.6 Å². The van der Waals surface area contributed by atoms with Gasteiger partial charge in [0.05, 0.1) is 17.7 Å². The second kappa shape index (κ2) is 6.75. The highest BCUT2D eigenvalue weighted by Gasteiger charge is 2.39. The van der Waals surface area contributed by atoms with Crippen molar-refractivity contribution in [1.82, 2.24) is 5.32 Å². The van der Waals surface area contributed by atoms with E-state index in [0.717, 1.165) is 43.8 Å². The molecule has 0 aromatic heterocycles. The van der Waals surface area contributed by atoms with Crippen molar-refractivity contribution in [2.75, 3.05) is 25.0 Å². The Labute approximate surface area is 120 Å². The third-order valence-corrected chi connectivity index (χ3v) is 4.00. The van der Waals surface area contributed by atoms with Crippen molar-refractivity contribution in [3.05, 3.63) is 24.3 Å². The Hall–Kier alpha value is -1.55. The summed E-state index contributed by atoms with van der Waals surface area (Å²) < 4.78 is 5.69. The Morgan fingerprint density at radius 3 is 2.85 bits per heavy atom. The zero-order chi connectivity index (χ0) is 14.4. The standard InChI is InChI=1S/C16H24N2O2/c1-3-11-20-14-8-6-5-7-13(14)18-15(19)16(4-2)9-10-17-12-16/h5-8,17H,3-4,9-12H2,1-2H3,(H,18,19). The molecular formula is C16H24N2O2. The third-order valence-electron chi connectivity index (χ3n) is 4.00. The van der Waals surface area contributed by atoms with Crippen LogP contribution in [0, 0.1) is 5.41 Å². The van der Waals surface area contributed by atoms with Gasteiger partial charge in [0.25, 0.3) is 0 Å². The number of anilines is 1. The molecule has 0 radical (unpaired) electrons. The van der Waals surface area contributed by atoms with E-state index in [9.17, 15) is 4.79 Å². The summed E-state index contributed by atoms with van der Waals surface area (Å²) >= 11 is 0. The lowest BCUT2D eigenvalue weighted by atomic mass is 9.83. The van der Waals surface area contributed by atoms with Crippen molar-refractivity contribution in [2.24, 2.45) is 5.41 Å². The van der Waals surface area contributed by atoms with Gasteiger partial charge in [0, 0.05) is 6.54 Å². The zero-order valence-corrected chi connectivity index (χ0v) is 12.4. The molecule has 0 spiro atoms. The zero-order valence-electron chi connectivity index (χ0n) is 12.4. The van der Waals surface area contributed by atoms with E-state index in [0.29, 0.717) is 6.61 Å². The van der Waals surface area contributed by atoms with Crippen molar-refractivity contribution in [1.29, 1.82) is 0 Å². The Morgan fingerprint density at radius 1 is 1.40 bits per heavy atom. The maximum atomic E-state index is 12.6. The third kappa shape index (κ3) is 3.12. The summed E-state index contributed by atoms with van der Waals surface area (Å²) in [4.78, 5) is 12.6. The van der Waals surface area contributed by atoms with Gasteiger partial charge in [-0.1, -0.05) is 26.0 Å². The Bertz CT molecular complexity index is 454. The summed E-state index contributed by atoms with van der Waals surface area (Å²) in [6.45, 7) is 6.47. The van der Waals surface area contributed by atoms with Gasteiger partial charge in [0.2, 0.25) is 5.91 Å². The average molecular weight is 276 g/mol. The summed E-state index contributed by atoms with van der Waals surface area (Å²) in [6, 6.07) is 7.64.